The number of benzene rings is 2. The van der Waals surface area contributed by atoms with Crippen LogP contribution in [0.1, 0.15) is 31.7 Å². The molecule has 0 spiro atoms. The number of methoxy groups -OCH3 is 1. The number of aromatic nitrogens is 4. The van der Waals surface area contributed by atoms with E-state index in [4.69, 9.17) is 36.0 Å². The molecule has 0 amide bonds. The van der Waals surface area contributed by atoms with Gasteiger partial charge < -0.3 is 35.8 Å². The number of carboxylic acid groups (broad SMARTS) is 4. The first-order chi connectivity index (χ1) is 27.6. The molecule has 0 bridgehead atoms. The maximum Gasteiger partial charge on any atom is 0.328 e. The van der Waals surface area contributed by atoms with Gasteiger partial charge in [-0.05, 0) is 57.0 Å². The van der Waals surface area contributed by atoms with E-state index in [0.717, 1.165) is 57.4 Å². The number of fused-ring (bicyclic) bond motifs is 1. The molecule has 310 valence electrons. The Kier molecular flexibility index (Phi) is 15.6. The van der Waals surface area contributed by atoms with Crippen LogP contribution in [0.3, 0.4) is 0 Å². The van der Waals surface area contributed by atoms with Gasteiger partial charge in [-0.1, -0.05) is 24.3 Å². The highest BCUT2D eigenvalue weighted by Gasteiger charge is 2.31. The summed E-state index contributed by atoms with van der Waals surface area (Å²) in [7, 11) is -0.229. The molecule has 1 aliphatic heterocycles. The normalized spacial score (nSPS) is 17.4. The first-order valence-electron chi connectivity index (χ1n) is 17.8. The quantitative estimate of drug-likeness (QED) is 0.101. The van der Waals surface area contributed by atoms with Crippen molar-refractivity contribution in [3.63, 3.8) is 0 Å². The highest BCUT2D eigenvalue weighted by atomic mass is 32.2. The topological polar surface area (TPSA) is 293 Å². The van der Waals surface area contributed by atoms with Gasteiger partial charge in [0, 0.05) is 62.1 Å². The van der Waals surface area contributed by atoms with Crippen molar-refractivity contribution in [2.24, 2.45) is 0 Å². The van der Waals surface area contributed by atoms with Crippen molar-refractivity contribution in [1.82, 2.24) is 29.5 Å². The van der Waals surface area contributed by atoms with Crippen LogP contribution in [-0.4, -0.2) is 129 Å². The summed E-state index contributed by atoms with van der Waals surface area (Å²) in [5.74, 6) is -4.33. The number of piperazine rings is 1. The molecule has 2 aromatic carbocycles. The monoisotopic (exact) mass is 823 g/mol. The Hall–Kier alpha value is -6.58. The molecule has 2 fully saturated rings. The van der Waals surface area contributed by atoms with Crippen molar-refractivity contribution in [1.29, 1.82) is 0 Å². The molecule has 0 radical (unpaired) electrons. The number of likely N-dealkylation sites (N-methyl/N-ethyl adjacent to an activating group) is 1. The molecule has 21 heteroatoms. The predicted molar refractivity (Wildman–Crippen MR) is 214 cm³/mol. The van der Waals surface area contributed by atoms with Crippen LogP contribution in [0.15, 0.2) is 79.2 Å². The van der Waals surface area contributed by atoms with Gasteiger partial charge in [0.2, 0.25) is 0 Å². The van der Waals surface area contributed by atoms with Crippen molar-refractivity contribution in [3.05, 3.63) is 79.2 Å². The highest BCUT2D eigenvalue weighted by molar-refractivity contribution is 7.94. The first kappa shape index (κ1) is 44.1. The summed E-state index contributed by atoms with van der Waals surface area (Å²) in [5.41, 5.74) is 9.19. The van der Waals surface area contributed by atoms with E-state index in [1.54, 1.807) is 42.5 Å². The van der Waals surface area contributed by atoms with E-state index in [9.17, 15) is 27.6 Å². The third kappa shape index (κ3) is 13.0. The van der Waals surface area contributed by atoms with E-state index in [2.05, 4.69) is 36.3 Å². The van der Waals surface area contributed by atoms with Crippen LogP contribution in [-0.2, 0) is 29.4 Å². The summed E-state index contributed by atoms with van der Waals surface area (Å²) < 4.78 is 38.3. The second kappa shape index (κ2) is 20.5. The number of nitrogen functional groups attached to an aromatic ring is 1. The maximum atomic E-state index is 12.8. The van der Waals surface area contributed by atoms with E-state index in [1.807, 2.05) is 10.7 Å². The number of hydrogen-bond acceptors (Lipinski definition) is 13. The number of anilines is 3. The first-order valence-corrected chi connectivity index (χ1v) is 19.3. The minimum absolute atomic E-state index is 0.205. The minimum Gasteiger partial charge on any atom is -0.495 e. The van der Waals surface area contributed by atoms with Crippen molar-refractivity contribution in [2.45, 2.75) is 37.8 Å². The van der Waals surface area contributed by atoms with Gasteiger partial charge in [-0.25, -0.2) is 33.8 Å². The van der Waals surface area contributed by atoms with Crippen LogP contribution in [0.4, 0.5) is 17.2 Å². The molecule has 2 aromatic heterocycles. The molecular weight excluding hydrogens is 779 g/mol. The van der Waals surface area contributed by atoms with Gasteiger partial charge in [0.1, 0.15) is 23.6 Å². The molecule has 20 nitrogen and oxygen atoms in total. The summed E-state index contributed by atoms with van der Waals surface area (Å²) in [6.07, 6.45) is 7.96. The fourth-order valence-corrected chi connectivity index (χ4v) is 7.30. The lowest BCUT2D eigenvalue weighted by Gasteiger charge is -2.41. The standard InChI is InChI=1S/C29H37N9O3S.2C4H4O4/c1-36-14-16-37(17-15-36)22-9-11-23(12-10-22)38-29-26(28(30)31-19-32-29)27(33-38)20-8-13-24(25(18-20)41-2)35-42(39,40)34-21-6-4-3-5-7-21;2*5-3(6)1-2-4(7)8/h3-8,13,18-19,22-23,34-35H,9-12,14-17H2,1-2H3,(H2,30,31,32);2*1-2H,(H,5,6)(H,7,8)/b;2*2-1-. The predicted octanol–water partition coefficient (Wildman–Crippen LogP) is 3.01. The zero-order chi connectivity index (χ0) is 42.4. The molecule has 0 unspecified atom stereocenters. The van der Waals surface area contributed by atoms with E-state index in [1.165, 1.54) is 13.4 Å². The smallest absolute Gasteiger partial charge is 0.328 e. The lowest BCUT2D eigenvalue weighted by atomic mass is 9.90. The van der Waals surface area contributed by atoms with Crippen molar-refractivity contribution < 1.29 is 52.8 Å². The lowest BCUT2D eigenvalue weighted by Crippen LogP contribution is -2.49. The second-order valence-electron chi connectivity index (χ2n) is 13.1. The summed E-state index contributed by atoms with van der Waals surface area (Å²) in [5, 5.41) is 37.0. The highest BCUT2D eigenvalue weighted by Crippen LogP contribution is 2.39. The van der Waals surface area contributed by atoms with E-state index in [-0.39, 0.29) is 6.04 Å². The van der Waals surface area contributed by atoms with E-state index < -0.39 is 34.1 Å². The molecule has 1 saturated heterocycles. The Bertz CT molecular complexity index is 2170. The Morgan fingerprint density at radius 2 is 1.34 bits per heavy atom. The summed E-state index contributed by atoms with van der Waals surface area (Å²) in [6.45, 7) is 4.49. The summed E-state index contributed by atoms with van der Waals surface area (Å²) >= 11 is 0. The third-order valence-electron chi connectivity index (χ3n) is 9.07. The average molecular weight is 824 g/mol. The van der Waals surface area contributed by atoms with Crippen LogP contribution in [0.2, 0.25) is 0 Å². The third-order valence-corrected chi connectivity index (χ3v) is 10.1. The van der Waals surface area contributed by atoms with Gasteiger partial charge in [-0.3, -0.25) is 14.3 Å². The number of hydrogen-bond donors (Lipinski definition) is 7. The van der Waals surface area contributed by atoms with Crippen LogP contribution >= 0.6 is 0 Å². The van der Waals surface area contributed by atoms with Crippen LogP contribution in [0.5, 0.6) is 5.75 Å². The number of aliphatic carboxylic acids is 4. The lowest BCUT2D eigenvalue weighted by molar-refractivity contribution is -0.134. The fourth-order valence-electron chi connectivity index (χ4n) is 6.35. The number of carbonyl (C=O) groups is 4. The van der Waals surface area contributed by atoms with Crippen LogP contribution in [0, 0.1) is 0 Å². The molecule has 2 aliphatic rings. The molecule has 1 saturated carbocycles. The number of carboxylic acids is 4. The van der Waals surface area contributed by atoms with Crippen LogP contribution < -0.4 is 19.9 Å². The Labute approximate surface area is 333 Å². The summed E-state index contributed by atoms with van der Waals surface area (Å²) in [4.78, 5) is 52.1. The Morgan fingerprint density at radius 3 is 1.88 bits per heavy atom. The molecule has 3 heterocycles. The van der Waals surface area contributed by atoms with Gasteiger partial charge >= 0.3 is 34.1 Å². The van der Waals surface area contributed by atoms with E-state index >= 15 is 0 Å². The molecular formula is C37H45N9O11S. The largest absolute Gasteiger partial charge is 0.495 e. The average Bonchev–Trinajstić information content (AvgIpc) is 3.58. The fraction of sp³-hybridized carbons (Fsp3) is 0.324. The molecule has 4 aromatic rings. The molecule has 1 aliphatic carbocycles. The maximum absolute atomic E-state index is 12.8. The van der Waals surface area contributed by atoms with Gasteiger partial charge in [0.05, 0.1) is 29.9 Å². The number of nitrogens with zero attached hydrogens (tertiary/aromatic N) is 6. The number of rotatable bonds is 12. The SMILES string of the molecule is COc1cc(-c2nn(C3CCC(N4CCN(C)CC4)CC3)c3ncnc(N)c23)ccc1NS(=O)(=O)Nc1ccccc1.O=C(O)/C=C\C(=O)O.O=C(O)/C=C\C(=O)O. The van der Waals surface area contributed by atoms with E-state index in [0.29, 0.717) is 70.0 Å². The zero-order valence-corrected chi connectivity index (χ0v) is 32.4. The van der Waals surface area contributed by atoms with Crippen molar-refractivity contribution >= 4 is 62.3 Å². The molecule has 8 N–H and O–H groups in total. The van der Waals surface area contributed by atoms with Gasteiger partial charge in [0.15, 0.2) is 5.65 Å². The van der Waals surface area contributed by atoms with Gasteiger partial charge in [-0.2, -0.15) is 13.5 Å². The minimum atomic E-state index is -3.91. The van der Waals surface area contributed by atoms with Gasteiger partial charge in [0.25, 0.3) is 0 Å². The van der Waals surface area contributed by atoms with Crippen LogP contribution in [0.25, 0.3) is 22.3 Å². The Morgan fingerprint density at radius 1 is 0.793 bits per heavy atom. The van der Waals surface area contributed by atoms with Crippen molar-refractivity contribution in [2.75, 3.05) is 55.5 Å². The number of para-hydroxylation sites is 1. The van der Waals surface area contributed by atoms with Gasteiger partial charge in [-0.15, -0.1) is 0 Å². The molecule has 58 heavy (non-hydrogen) atoms. The molecule has 6 rings (SSSR count). The number of ether oxygens (including phenoxy) is 1. The number of nitrogens with one attached hydrogen (secondary N) is 2. The second-order valence-corrected chi connectivity index (χ2v) is 14.5. The zero-order valence-electron chi connectivity index (χ0n) is 31.6. The Balaban J connectivity index is 0.000000393. The number of nitrogens with two attached hydrogens (primary N) is 1. The summed E-state index contributed by atoms with van der Waals surface area (Å²) in [6, 6.07) is 14.7. The van der Waals surface area contributed by atoms with Crippen molar-refractivity contribution in [3.8, 4) is 17.0 Å². The molecule has 0 atom stereocenters.